The minimum absolute atomic E-state index is 0.317. The predicted octanol–water partition coefficient (Wildman–Crippen LogP) is 5.18. The number of rotatable bonds is 4. The summed E-state index contributed by atoms with van der Waals surface area (Å²) in [6, 6.07) is 15.1. The standard InChI is InChI=1S/C23H25N3O2S/c1-3-26-14-18(16(2)24-26)13-25-11-10-22(29-23-7-5-4-6-19(23)25)17-8-9-20-21(12-17)28-15-27-20/h4-9,12,14,22H,3,10-11,13,15H2,1-2H3. The van der Waals surface area contributed by atoms with Gasteiger partial charge in [0, 0.05) is 41.5 Å². The van der Waals surface area contributed by atoms with Crippen molar-refractivity contribution in [2.45, 2.75) is 43.5 Å². The van der Waals surface area contributed by atoms with E-state index in [-0.39, 0.29) is 0 Å². The number of thioether (sulfide) groups is 1. The number of hydrogen-bond donors (Lipinski definition) is 0. The van der Waals surface area contributed by atoms with Crippen molar-refractivity contribution in [2.24, 2.45) is 0 Å². The minimum atomic E-state index is 0.317. The molecule has 2 aliphatic heterocycles. The van der Waals surface area contributed by atoms with Crippen LogP contribution in [-0.4, -0.2) is 23.1 Å². The van der Waals surface area contributed by atoms with E-state index < -0.39 is 0 Å². The van der Waals surface area contributed by atoms with Crippen LogP contribution in [0.2, 0.25) is 0 Å². The van der Waals surface area contributed by atoms with Crippen LogP contribution in [0.25, 0.3) is 0 Å². The van der Waals surface area contributed by atoms with Crippen LogP contribution in [0.4, 0.5) is 5.69 Å². The van der Waals surface area contributed by atoms with Gasteiger partial charge < -0.3 is 14.4 Å². The summed E-state index contributed by atoms with van der Waals surface area (Å²) in [6.07, 6.45) is 3.26. The van der Waals surface area contributed by atoms with E-state index in [9.17, 15) is 0 Å². The summed E-state index contributed by atoms with van der Waals surface area (Å²) < 4.78 is 13.1. The van der Waals surface area contributed by atoms with Crippen molar-refractivity contribution in [2.75, 3.05) is 18.2 Å². The highest BCUT2D eigenvalue weighted by molar-refractivity contribution is 7.99. The number of aryl methyl sites for hydroxylation is 2. The number of fused-ring (bicyclic) bond motifs is 2. The molecule has 0 bridgehead atoms. The Balaban J connectivity index is 1.43. The van der Waals surface area contributed by atoms with Crippen LogP contribution < -0.4 is 14.4 Å². The lowest BCUT2D eigenvalue weighted by Crippen LogP contribution is -2.24. The Labute approximate surface area is 175 Å². The smallest absolute Gasteiger partial charge is 0.231 e. The van der Waals surface area contributed by atoms with Crippen molar-refractivity contribution in [3.8, 4) is 11.5 Å². The first-order chi connectivity index (χ1) is 14.2. The fraction of sp³-hybridized carbons (Fsp3) is 0.348. The van der Waals surface area contributed by atoms with Gasteiger partial charge in [0.1, 0.15) is 0 Å². The number of para-hydroxylation sites is 1. The number of anilines is 1. The number of benzene rings is 2. The lowest BCUT2D eigenvalue weighted by Gasteiger charge is -2.24. The van der Waals surface area contributed by atoms with Gasteiger partial charge in [0.2, 0.25) is 6.79 Å². The maximum absolute atomic E-state index is 5.61. The molecule has 1 atom stereocenters. The second kappa shape index (κ2) is 7.67. The Morgan fingerprint density at radius 3 is 2.86 bits per heavy atom. The third-order valence-corrected chi connectivity index (χ3v) is 7.03. The minimum Gasteiger partial charge on any atom is -0.454 e. The molecular weight excluding hydrogens is 382 g/mol. The summed E-state index contributed by atoms with van der Waals surface area (Å²) in [5.41, 5.74) is 5.03. The van der Waals surface area contributed by atoms with Gasteiger partial charge in [0.25, 0.3) is 0 Å². The zero-order valence-electron chi connectivity index (χ0n) is 16.8. The predicted molar refractivity (Wildman–Crippen MR) is 116 cm³/mol. The molecule has 1 unspecified atom stereocenters. The number of hydrogen-bond acceptors (Lipinski definition) is 5. The van der Waals surface area contributed by atoms with Gasteiger partial charge >= 0.3 is 0 Å². The van der Waals surface area contributed by atoms with E-state index in [4.69, 9.17) is 9.47 Å². The third kappa shape index (κ3) is 3.57. The van der Waals surface area contributed by atoms with Crippen LogP contribution in [-0.2, 0) is 13.1 Å². The molecule has 0 amide bonds. The molecule has 3 heterocycles. The van der Waals surface area contributed by atoms with E-state index in [0.717, 1.165) is 43.2 Å². The molecule has 0 fully saturated rings. The molecular formula is C23H25N3O2S. The highest BCUT2D eigenvalue weighted by Crippen LogP contribution is 2.47. The second-order valence-corrected chi connectivity index (χ2v) is 8.74. The molecule has 3 aromatic rings. The molecule has 0 radical (unpaired) electrons. The van der Waals surface area contributed by atoms with Gasteiger partial charge in [-0.2, -0.15) is 5.10 Å². The average Bonchev–Trinajstić information content (AvgIpc) is 3.30. The van der Waals surface area contributed by atoms with Gasteiger partial charge in [-0.25, -0.2) is 0 Å². The molecule has 0 saturated heterocycles. The number of aromatic nitrogens is 2. The van der Waals surface area contributed by atoms with Gasteiger partial charge in [0.05, 0.1) is 11.4 Å². The van der Waals surface area contributed by atoms with Crippen molar-refractivity contribution in [1.82, 2.24) is 9.78 Å². The first-order valence-corrected chi connectivity index (χ1v) is 11.0. The molecule has 0 N–H and O–H groups in total. The van der Waals surface area contributed by atoms with Crippen molar-refractivity contribution >= 4 is 17.4 Å². The van der Waals surface area contributed by atoms with Crippen molar-refractivity contribution in [3.63, 3.8) is 0 Å². The SMILES string of the molecule is CCn1cc(CN2CCC(c3ccc4c(c3)OCO4)Sc3ccccc32)c(C)n1. The zero-order valence-corrected chi connectivity index (χ0v) is 17.6. The van der Waals surface area contributed by atoms with Crippen molar-refractivity contribution in [3.05, 3.63) is 65.5 Å². The van der Waals surface area contributed by atoms with E-state index in [1.165, 1.54) is 21.7 Å². The fourth-order valence-electron chi connectivity index (χ4n) is 4.02. The van der Waals surface area contributed by atoms with Crippen LogP contribution >= 0.6 is 11.8 Å². The quantitative estimate of drug-likeness (QED) is 0.596. The molecule has 2 aliphatic rings. The summed E-state index contributed by atoms with van der Waals surface area (Å²) in [7, 11) is 0. The van der Waals surface area contributed by atoms with Gasteiger partial charge in [0.15, 0.2) is 11.5 Å². The van der Waals surface area contributed by atoms with Gasteiger partial charge in [-0.3, -0.25) is 4.68 Å². The molecule has 5 nitrogen and oxygen atoms in total. The Morgan fingerprint density at radius 1 is 1.14 bits per heavy atom. The first-order valence-electron chi connectivity index (χ1n) is 10.1. The highest BCUT2D eigenvalue weighted by Gasteiger charge is 2.25. The van der Waals surface area contributed by atoms with Crippen LogP contribution in [0, 0.1) is 6.92 Å². The van der Waals surface area contributed by atoms with Crippen LogP contribution in [0.5, 0.6) is 11.5 Å². The summed E-state index contributed by atoms with van der Waals surface area (Å²) in [5, 5.41) is 5.01. The van der Waals surface area contributed by atoms with E-state index in [0.29, 0.717) is 12.0 Å². The molecule has 0 aliphatic carbocycles. The summed E-state index contributed by atoms with van der Waals surface area (Å²) in [5.74, 6) is 1.71. The lowest BCUT2D eigenvalue weighted by molar-refractivity contribution is 0.174. The first kappa shape index (κ1) is 18.4. The normalized spacial score (nSPS) is 17.9. The number of nitrogens with zero attached hydrogens (tertiary/aromatic N) is 3. The van der Waals surface area contributed by atoms with E-state index >= 15 is 0 Å². The van der Waals surface area contributed by atoms with Crippen molar-refractivity contribution in [1.29, 1.82) is 0 Å². The van der Waals surface area contributed by atoms with E-state index in [2.05, 4.69) is 66.4 Å². The second-order valence-electron chi connectivity index (χ2n) is 7.49. The topological polar surface area (TPSA) is 39.5 Å². The monoisotopic (exact) mass is 407 g/mol. The number of ether oxygens (including phenoxy) is 2. The molecule has 2 aromatic carbocycles. The Bertz CT molecular complexity index is 1030. The molecule has 1 aromatic heterocycles. The zero-order chi connectivity index (χ0) is 19.8. The molecule has 0 spiro atoms. The van der Waals surface area contributed by atoms with Gasteiger partial charge in [-0.05, 0) is 50.1 Å². The molecule has 6 heteroatoms. The van der Waals surface area contributed by atoms with Crippen LogP contribution in [0.1, 0.15) is 35.4 Å². The molecule has 150 valence electrons. The molecule has 0 saturated carbocycles. The van der Waals surface area contributed by atoms with Crippen molar-refractivity contribution < 1.29 is 9.47 Å². The Kier molecular flexibility index (Phi) is 4.87. The van der Waals surface area contributed by atoms with E-state index in [1.807, 2.05) is 22.5 Å². The Hall–Kier alpha value is -2.60. The average molecular weight is 408 g/mol. The third-order valence-electron chi connectivity index (χ3n) is 5.64. The van der Waals surface area contributed by atoms with Gasteiger partial charge in [-0.1, -0.05) is 18.2 Å². The van der Waals surface area contributed by atoms with Crippen LogP contribution in [0.3, 0.4) is 0 Å². The maximum atomic E-state index is 5.61. The lowest BCUT2D eigenvalue weighted by atomic mass is 10.1. The maximum Gasteiger partial charge on any atom is 0.231 e. The summed E-state index contributed by atoms with van der Waals surface area (Å²) in [4.78, 5) is 3.83. The molecule has 5 rings (SSSR count). The Morgan fingerprint density at radius 2 is 2.00 bits per heavy atom. The highest BCUT2D eigenvalue weighted by atomic mass is 32.2. The van der Waals surface area contributed by atoms with Crippen LogP contribution in [0.15, 0.2) is 53.6 Å². The fourth-order valence-corrected chi connectivity index (χ4v) is 5.31. The summed E-state index contributed by atoms with van der Waals surface area (Å²) >= 11 is 1.95. The molecule has 29 heavy (non-hydrogen) atoms. The summed E-state index contributed by atoms with van der Waals surface area (Å²) in [6.45, 7) is 7.34. The largest absolute Gasteiger partial charge is 0.454 e. The van der Waals surface area contributed by atoms with E-state index in [1.54, 1.807) is 0 Å². The van der Waals surface area contributed by atoms with Gasteiger partial charge in [-0.15, -0.1) is 11.8 Å².